The number of nitrogens with zero attached hydrogens (tertiary/aromatic N) is 2. The van der Waals surface area contributed by atoms with Crippen molar-refractivity contribution in [1.82, 2.24) is 4.98 Å². The van der Waals surface area contributed by atoms with Gasteiger partial charge in [0.25, 0.3) is 0 Å². The summed E-state index contributed by atoms with van der Waals surface area (Å²) in [5.74, 6) is 3.36. The maximum Gasteiger partial charge on any atom is 0.359 e. The van der Waals surface area contributed by atoms with Crippen LogP contribution in [0.5, 0.6) is 5.75 Å². The van der Waals surface area contributed by atoms with E-state index in [-0.39, 0.29) is 16.7 Å². The number of nitrogens with one attached hydrogen (secondary N) is 1. The van der Waals surface area contributed by atoms with E-state index in [4.69, 9.17) is 27.7 Å². The number of rotatable bonds is 6. The van der Waals surface area contributed by atoms with Crippen molar-refractivity contribution in [2.45, 2.75) is 18.9 Å². The molecule has 1 unspecified atom stereocenters. The summed E-state index contributed by atoms with van der Waals surface area (Å²) in [5.41, 5.74) is 2.76. The summed E-state index contributed by atoms with van der Waals surface area (Å²) >= 11 is 6.34. The smallest absolute Gasteiger partial charge is 0.359 e. The highest BCUT2D eigenvalue weighted by atomic mass is 35.5. The number of anilines is 1. The van der Waals surface area contributed by atoms with Gasteiger partial charge in [-0.05, 0) is 11.6 Å². The molecule has 2 aromatic carbocycles. The molecule has 1 atom stereocenters. The fraction of sp³-hybridized carbons (Fsp3) is 0.160. The van der Waals surface area contributed by atoms with Crippen molar-refractivity contribution in [2.24, 2.45) is 0 Å². The molecule has 2 heterocycles. The number of aromatic hydroxyl groups is 1. The molecule has 0 saturated heterocycles. The number of allylic oxidation sites excluding steroid dienone is 1. The highest BCUT2D eigenvalue weighted by molar-refractivity contribution is 6.34. The van der Waals surface area contributed by atoms with Crippen LogP contribution in [0.4, 0.5) is 5.82 Å². The SMILES string of the molecule is C#C/C=C(/CC1Nc2c(Cc3ccccc3)nc(-c3cccc(O)c3Cl)c[n+]2C1=O)OC. The van der Waals surface area contributed by atoms with Gasteiger partial charge >= 0.3 is 11.7 Å². The van der Waals surface area contributed by atoms with Crippen molar-refractivity contribution in [1.29, 1.82) is 0 Å². The first-order chi connectivity index (χ1) is 15.5. The topological polar surface area (TPSA) is 75.3 Å². The lowest BCUT2D eigenvalue weighted by Crippen LogP contribution is -2.43. The van der Waals surface area contributed by atoms with Crippen LogP contribution in [-0.2, 0) is 11.2 Å². The number of fused-ring (bicyclic) bond motifs is 1. The van der Waals surface area contributed by atoms with Gasteiger partial charge in [0.15, 0.2) is 0 Å². The lowest BCUT2D eigenvalue weighted by Gasteiger charge is -2.09. The van der Waals surface area contributed by atoms with Gasteiger partial charge in [0, 0.05) is 18.1 Å². The number of methoxy groups -OCH3 is 1. The van der Waals surface area contributed by atoms with Gasteiger partial charge in [-0.15, -0.1) is 6.42 Å². The Kier molecular flexibility index (Phi) is 6.11. The van der Waals surface area contributed by atoms with Crippen LogP contribution in [0.15, 0.2) is 66.6 Å². The molecule has 4 rings (SSSR count). The molecular weight excluding hydrogens is 426 g/mol. The van der Waals surface area contributed by atoms with E-state index in [1.807, 2.05) is 30.3 Å². The quantitative estimate of drug-likeness (QED) is 0.340. The normalized spacial score (nSPS) is 15.1. The van der Waals surface area contributed by atoms with Gasteiger partial charge in [-0.3, -0.25) is 5.32 Å². The van der Waals surface area contributed by atoms with Crippen LogP contribution in [0.2, 0.25) is 5.02 Å². The van der Waals surface area contributed by atoms with Crippen LogP contribution < -0.4 is 9.88 Å². The number of carbonyl (C=O) groups excluding carboxylic acids is 1. The zero-order valence-electron chi connectivity index (χ0n) is 17.4. The molecule has 0 amide bonds. The molecule has 0 bridgehead atoms. The Balaban J connectivity index is 1.80. The maximum atomic E-state index is 13.2. The molecule has 7 heteroatoms. The monoisotopic (exact) mass is 446 g/mol. The van der Waals surface area contributed by atoms with Crippen molar-refractivity contribution >= 4 is 23.3 Å². The van der Waals surface area contributed by atoms with E-state index in [1.54, 1.807) is 22.9 Å². The Bertz CT molecular complexity index is 1250. The van der Waals surface area contributed by atoms with E-state index in [2.05, 4.69) is 11.2 Å². The van der Waals surface area contributed by atoms with Crippen LogP contribution in [0.25, 0.3) is 11.3 Å². The minimum absolute atomic E-state index is 0.0486. The second-order valence-corrected chi connectivity index (χ2v) is 7.69. The molecule has 3 aromatic rings. The number of ether oxygens (including phenoxy) is 1. The minimum atomic E-state index is -0.555. The molecule has 0 radical (unpaired) electrons. The molecule has 0 spiro atoms. The standard InChI is InChI=1S/C25H20ClN3O3/c1-3-8-17(32-2)14-20-25(31)29-15-21(18-11-7-12-22(30)23(18)26)27-19(24(29)28-20)13-16-9-5-4-6-10-16/h1,4-12,15,20,30H,13-14H2,2H3/p+1/b17-8-. The second-order valence-electron chi connectivity index (χ2n) is 7.31. The van der Waals surface area contributed by atoms with Crippen molar-refractivity contribution in [2.75, 3.05) is 12.4 Å². The van der Waals surface area contributed by atoms with Gasteiger partial charge in [-0.1, -0.05) is 60.0 Å². The molecule has 160 valence electrons. The Hall–Kier alpha value is -3.82. The van der Waals surface area contributed by atoms with E-state index in [0.29, 0.717) is 41.4 Å². The van der Waals surface area contributed by atoms with Crippen LogP contribution in [0, 0.1) is 12.3 Å². The molecule has 0 saturated carbocycles. The van der Waals surface area contributed by atoms with E-state index < -0.39 is 6.04 Å². The number of hydrogen-bond acceptors (Lipinski definition) is 5. The molecule has 0 aliphatic carbocycles. The lowest BCUT2D eigenvalue weighted by molar-refractivity contribution is -0.552. The molecular formula is C25H21ClN3O3+. The molecule has 2 N–H and O–H groups in total. The number of phenols is 1. The Morgan fingerprint density at radius 2 is 2.09 bits per heavy atom. The third-order valence-electron chi connectivity index (χ3n) is 5.25. The summed E-state index contributed by atoms with van der Waals surface area (Å²) in [5, 5.41) is 13.5. The van der Waals surface area contributed by atoms with Crippen molar-refractivity contribution in [3.63, 3.8) is 0 Å². The van der Waals surface area contributed by atoms with E-state index in [0.717, 1.165) is 5.56 Å². The first kappa shape index (κ1) is 21.4. The van der Waals surface area contributed by atoms with Crippen molar-refractivity contribution < 1.29 is 19.2 Å². The van der Waals surface area contributed by atoms with Crippen molar-refractivity contribution in [3.8, 4) is 29.4 Å². The molecule has 1 aromatic heterocycles. The number of phenolic OH excluding ortho intramolecular Hbond substituents is 1. The molecule has 1 aliphatic rings. The largest absolute Gasteiger partial charge is 0.506 e. The maximum absolute atomic E-state index is 13.2. The number of benzene rings is 2. The first-order valence-corrected chi connectivity index (χ1v) is 10.4. The highest BCUT2D eigenvalue weighted by Crippen LogP contribution is 2.34. The lowest BCUT2D eigenvalue weighted by atomic mass is 10.1. The Morgan fingerprint density at radius 3 is 2.81 bits per heavy atom. The number of halogens is 1. The van der Waals surface area contributed by atoms with Crippen molar-refractivity contribution in [3.05, 3.63) is 82.8 Å². The van der Waals surface area contributed by atoms with Gasteiger partial charge in [0.2, 0.25) is 6.04 Å². The first-order valence-electron chi connectivity index (χ1n) is 9.99. The van der Waals surface area contributed by atoms with Crippen LogP contribution >= 0.6 is 11.6 Å². The second kappa shape index (κ2) is 9.13. The zero-order chi connectivity index (χ0) is 22.7. The number of aromatic nitrogens is 2. The van der Waals surface area contributed by atoms with E-state index >= 15 is 0 Å². The summed E-state index contributed by atoms with van der Waals surface area (Å²) < 4.78 is 6.85. The van der Waals surface area contributed by atoms with Gasteiger partial charge in [0.05, 0.1) is 18.6 Å². The summed E-state index contributed by atoms with van der Waals surface area (Å²) in [6.45, 7) is 0. The third kappa shape index (κ3) is 4.16. The molecule has 0 fully saturated rings. The molecule has 6 nitrogen and oxygen atoms in total. The summed E-state index contributed by atoms with van der Waals surface area (Å²) in [6, 6.07) is 14.2. The van der Waals surface area contributed by atoms with Gasteiger partial charge < -0.3 is 9.84 Å². The van der Waals surface area contributed by atoms with Gasteiger partial charge in [-0.2, -0.15) is 4.57 Å². The Morgan fingerprint density at radius 1 is 1.31 bits per heavy atom. The van der Waals surface area contributed by atoms with Crippen LogP contribution in [0.3, 0.4) is 0 Å². The van der Waals surface area contributed by atoms with E-state index in [9.17, 15) is 9.90 Å². The summed E-state index contributed by atoms with van der Waals surface area (Å²) in [6.07, 6.45) is 9.30. The average Bonchev–Trinajstić information content (AvgIpc) is 3.11. The van der Waals surface area contributed by atoms with E-state index in [1.165, 1.54) is 19.3 Å². The number of carbonyl (C=O) groups is 1. The van der Waals surface area contributed by atoms with Gasteiger partial charge in [0.1, 0.15) is 29.1 Å². The number of terminal acetylenes is 1. The van der Waals surface area contributed by atoms with Crippen LogP contribution in [0.1, 0.15) is 22.5 Å². The fourth-order valence-electron chi connectivity index (χ4n) is 3.67. The highest BCUT2D eigenvalue weighted by Gasteiger charge is 2.41. The summed E-state index contributed by atoms with van der Waals surface area (Å²) in [7, 11) is 1.52. The third-order valence-corrected chi connectivity index (χ3v) is 5.65. The Labute approximate surface area is 191 Å². The molecule has 1 aliphatic heterocycles. The van der Waals surface area contributed by atoms with Gasteiger partial charge in [-0.25, -0.2) is 9.78 Å². The zero-order valence-corrected chi connectivity index (χ0v) is 18.1. The predicted molar refractivity (Wildman–Crippen MR) is 122 cm³/mol. The fourth-order valence-corrected chi connectivity index (χ4v) is 3.89. The summed E-state index contributed by atoms with van der Waals surface area (Å²) in [4.78, 5) is 18.1. The average molecular weight is 447 g/mol. The van der Waals surface area contributed by atoms with Crippen LogP contribution in [-0.4, -0.2) is 29.1 Å². The molecule has 32 heavy (non-hydrogen) atoms. The number of hydrogen-bond donors (Lipinski definition) is 2. The predicted octanol–water partition coefficient (Wildman–Crippen LogP) is 3.97. The minimum Gasteiger partial charge on any atom is -0.506 e.